The summed E-state index contributed by atoms with van der Waals surface area (Å²) in [6, 6.07) is 8.67. The number of carbonyl (C=O) groups is 1. The molecule has 3 aromatic rings. The third kappa shape index (κ3) is 3.08. The van der Waals surface area contributed by atoms with Crippen LogP contribution in [0.1, 0.15) is 27.3 Å². The maximum Gasteiger partial charge on any atom is 0.274 e. The van der Waals surface area contributed by atoms with Crippen LogP contribution in [-0.4, -0.2) is 20.7 Å². The number of amides is 1. The summed E-state index contributed by atoms with van der Waals surface area (Å²) in [6.07, 6.45) is 0. The van der Waals surface area contributed by atoms with Crippen LogP contribution in [0.15, 0.2) is 39.9 Å². The summed E-state index contributed by atoms with van der Waals surface area (Å²) < 4.78 is 1.14. The van der Waals surface area contributed by atoms with Gasteiger partial charge in [-0.2, -0.15) is 5.10 Å². The molecule has 0 fully saturated rings. The normalized spacial score (nSPS) is 10.8. The van der Waals surface area contributed by atoms with Gasteiger partial charge in [0.1, 0.15) is 0 Å². The average Bonchev–Trinajstić information content (AvgIpc) is 2.57. The van der Waals surface area contributed by atoms with Crippen LogP contribution in [0, 0.1) is 13.8 Å². The minimum atomic E-state index is -0.439. The Morgan fingerprint density at radius 3 is 2.56 bits per heavy atom. The summed E-state index contributed by atoms with van der Waals surface area (Å²) in [5, 5.41) is 7.71. The van der Waals surface area contributed by atoms with Crippen molar-refractivity contribution in [1.29, 1.82) is 0 Å². The third-order valence-corrected chi connectivity index (χ3v) is 4.09. The molecule has 128 valence electrons. The van der Waals surface area contributed by atoms with E-state index in [1.165, 1.54) is 7.05 Å². The van der Waals surface area contributed by atoms with Crippen LogP contribution >= 0.6 is 0 Å². The van der Waals surface area contributed by atoms with Crippen LogP contribution in [0.5, 0.6) is 0 Å². The zero-order valence-electron chi connectivity index (χ0n) is 14.2. The fourth-order valence-electron chi connectivity index (χ4n) is 2.82. The second kappa shape index (κ2) is 6.35. The van der Waals surface area contributed by atoms with Crippen LogP contribution in [-0.2, 0) is 13.6 Å². The molecule has 0 bridgehead atoms. The molecule has 0 aliphatic carbocycles. The lowest BCUT2D eigenvalue weighted by Gasteiger charge is -2.10. The first-order valence-corrected chi connectivity index (χ1v) is 7.82. The second-order valence-electron chi connectivity index (χ2n) is 5.95. The lowest BCUT2D eigenvalue weighted by Crippen LogP contribution is -2.31. The summed E-state index contributed by atoms with van der Waals surface area (Å²) in [4.78, 5) is 39.5. The Labute approximate surface area is 143 Å². The fourth-order valence-corrected chi connectivity index (χ4v) is 2.82. The molecule has 0 atom stereocenters. The number of H-pyrrole nitrogens is 1. The van der Waals surface area contributed by atoms with Gasteiger partial charge in [-0.05, 0) is 31.5 Å². The molecular weight excluding hydrogens is 320 g/mol. The number of benzene rings is 1. The quantitative estimate of drug-likeness (QED) is 0.749. The molecule has 1 aromatic carbocycles. The zero-order valence-corrected chi connectivity index (χ0v) is 14.2. The predicted octanol–water partition coefficient (Wildman–Crippen LogP) is 1.17. The Morgan fingerprint density at radius 1 is 1.20 bits per heavy atom. The molecule has 0 spiro atoms. The maximum absolute atomic E-state index is 12.6. The van der Waals surface area contributed by atoms with Gasteiger partial charge < -0.3 is 10.3 Å². The molecule has 2 heterocycles. The molecule has 0 unspecified atom stereocenters. The molecular formula is C18H18N4O3. The van der Waals surface area contributed by atoms with Gasteiger partial charge in [-0.1, -0.05) is 18.2 Å². The van der Waals surface area contributed by atoms with Crippen molar-refractivity contribution in [2.45, 2.75) is 20.4 Å². The smallest absolute Gasteiger partial charge is 0.274 e. The molecule has 7 nitrogen and oxygen atoms in total. The van der Waals surface area contributed by atoms with Crippen LogP contribution in [0.2, 0.25) is 0 Å². The highest BCUT2D eigenvalue weighted by atomic mass is 16.2. The highest BCUT2D eigenvalue weighted by Crippen LogP contribution is 2.13. The number of pyridine rings is 1. The SMILES string of the molecule is Cc1cc(C)c(CNC(=O)c2nn(C)c(=O)c3ccccc23)c(=O)[nH]1. The molecule has 7 heteroatoms. The van der Waals surface area contributed by atoms with Gasteiger partial charge in [0.05, 0.1) is 5.39 Å². The van der Waals surface area contributed by atoms with Gasteiger partial charge in [-0.15, -0.1) is 0 Å². The van der Waals surface area contributed by atoms with Gasteiger partial charge in [0, 0.05) is 30.2 Å². The lowest BCUT2D eigenvalue weighted by atomic mass is 10.1. The molecule has 0 saturated carbocycles. The Balaban J connectivity index is 1.96. The van der Waals surface area contributed by atoms with E-state index < -0.39 is 5.91 Å². The summed E-state index contributed by atoms with van der Waals surface area (Å²) in [7, 11) is 1.50. The standard InChI is InChI=1S/C18H18N4O3/c1-10-8-11(2)20-16(23)14(10)9-19-17(24)15-12-6-4-5-7-13(12)18(25)22(3)21-15/h4-8H,9H2,1-3H3,(H,19,24)(H,20,23). The maximum atomic E-state index is 12.6. The molecule has 25 heavy (non-hydrogen) atoms. The van der Waals surface area contributed by atoms with Gasteiger partial charge in [0.15, 0.2) is 5.69 Å². The van der Waals surface area contributed by atoms with E-state index in [0.29, 0.717) is 16.3 Å². The number of hydrogen-bond donors (Lipinski definition) is 2. The number of aromatic amines is 1. The Hall–Kier alpha value is -3.22. The van der Waals surface area contributed by atoms with Gasteiger partial charge >= 0.3 is 0 Å². The first kappa shape index (κ1) is 16.6. The molecule has 0 aliphatic heterocycles. The second-order valence-corrected chi connectivity index (χ2v) is 5.95. The number of hydrogen-bond acceptors (Lipinski definition) is 4. The summed E-state index contributed by atoms with van der Waals surface area (Å²) in [5.74, 6) is -0.439. The van der Waals surface area contributed by atoms with Gasteiger partial charge in [0.25, 0.3) is 17.0 Å². The number of nitrogens with one attached hydrogen (secondary N) is 2. The number of nitrogens with zero attached hydrogens (tertiary/aromatic N) is 2. The average molecular weight is 338 g/mol. The van der Waals surface area contributed by atoms with E-state index in [1.54, 1.807) is 31.2 Å². The largest absolute Gasteiger partial charge is 0.346 e. The third-order valence-electron chi connectivity index (χ3n) is 4.09. The van der Waals surface area contributed by atoms with E-state index in [1.807, 2.05) is 13.0 Å². The molecule has 1 amide bonds. The molecule has 0 saturated heterocycles. The van der Waals surface area contributed by atoms with Crippen LogP contribution in [0.25, 0.3) is 10.8 Å². The minimum absolute atomic E-state index is 0.0825. The van der Waals surface area contributed by atoms with Crippen molar-refractivity contribution >= 4 is 16.7 Å². The summed E-state index contributed by atoms with van der Waals surface area (Å²) in [6.45, 7) is 3.71. The molecule has 0 radical (unpaired) electrons. The van der Waals surface area contributed by atoms with Crippen molar-refractivity contribution < 1.29 is 4.79 Å². The number of carbonyl (C=O) groups excluding carboxylic acids is 1. The highest BCUT2D eigenvalue weighted by molar-refractivity contribution is 6.04. The van der Waals surface area contributed by atoms with E-state index >= 15 is 0 Å². The van der Waals surface area contributed by atoms with E-state index in [2.05, 4.69) is 15.4 Å². The van der Waals surface area contributed by atoms with Crippen LogP contribution in [0.3, 0.4) is 0 Å². The van der Waals surface area contributed by atoms with Crippen molar-refractivity contribution in [3.8, 4) is 0 Å². The lowest BCUT2D eigenvalue weighted by molar-refractivity contribution is 0.0945. The van der Waals surface area contributed by atoms with Crippen LogP contribution < -0.4 is 16.4 Å². The molecule has 3 rings (SSSR count). The number of fused-ring (bicyclic) bond motifs is 1. The van der Waals surface area contributed by atoms with Crippen molar-refractivity contribution in [3.05, 3.63) is 73.6 Å². The minimum Gasteiger partial charge on any atom is -0.346 e. The Bertz CT molecular complexity index is 1100. The van der Waals surface area contributed by atoms with E-state index in [9.17, 15) is 14.4 Å². The summed E-state index contributed by atoms with van der Waals surface area (Å²) >= 11 is 0. The Morgan fingerprint density at radius 2 is 1.88 bits per heavy atom. The zero-order chi connectivity index (χ0) is 18.1. The van der Waals surface area contributed by atoms with Crippen molar-refractivity contribution in [1.82, 2.24) is 20.1 Å². The molecule has 0 aliphatic rings. The fraction of sp³-hybridized carbons (Fsp3) is 0.222. The van der Waals surface area contributed by atoms with Gasteiger partial charge in [-0.25, -0.2) is 4.68 Å². The number of rotatable bonds is 3. The van der Waals surface area contributed by atoms with E-state index in [0.717, 1.165) is 15.9 Å². The van der Waals surface area contributed by atoms with E-state index in [-0.39, 0.29) is 23.4 Å². The van der Waals surface area contributed by atoms with Crippen molar-refractivity contribution in [2.75, 3.05) is 0 Å². The topological polar surface area (TPSA) is 96.8 Å². The summed E-state index contributed by atoms with van der Waals surface area (Å²) in [5.41, 5.74) is 1.73. The first-order chi connectivity index (χ1) is 11.9. The Kier molecular flexibility index (Phi) is 4.22. The van der Waals surface area contributed by atoms with Gasteiger partial charge in [0.2, 0.25) is 0 Å². The van der Waals surface area contributed by atoms with Crippen molar-refractivity contribution in [2.24, 2.45) is 7.05 Å². The molecule has 2 N–H and O–H groups in total. The monoisotopic (exact) mass is 338 g/mol. The number of aromatic nitrogens is 3. The van der Waals surface area contributed by atoms with Crippen LogP contribution in [0.4, 0.5) is 0 Å². The van der Waals surface area contributed by atoms with Gasteiger partial charge in [-0.3, -0.25) is 14.4 Å². The van der Waals surface area contributed by atoms with E-state index in [4.69, 9.17) is 0 Å². The predicted molar refractivity (Wildman–Crippen MR) is 94.7 cm³/mol. The van der Waals surface area contributed by atoms with Crippen molar-refractivity contribution in [3.63, 3.8) is 0 Å². The first-order valence-electron chi connectivity index (χ1n) is 7.82. The number of aryl methyl sites for hydroxylation is 3. The molecule has 2 aromatic heterocycles. The highest BCUT2D eigenvalue weighted by Gasteiger charge is 2.16.